The molecule has 1 amide bonds. The first-order valence-electron chi connectivity index (χ1n) is 9.96. The molecule has 0 saturated heterocycles. The summed E-state index contributed by atoms with van der Waals surface area (Å²) in [6.45, 7) is 9.36. The van der Waals surface area contributed by atoms with Gasteiger partial charge in [0.2, 0.25) is 5.91 Å². The Labute approximate surface area is 177 Å². The lowest BCUT2D eigenvalue weighted by molar-refractivity contribution is -0.117. The molecule has 156 valence electrons. The van der Waals surface area contributed by atoms with Crippen LogP contribution in [0, 0.1) is 39.0 Å². The average Bonchev–Trinajstić information content (AvgIpc) is 3.27. The van der Waals surface area contributed by atoms with Crippen LogP contribution in [0.4, 0.5) is 5.82 Å². The van der Waals surface area contributed by atoms with E-state index in [1.165, 1.54) is 16.7 Å². The lowest BCUT2D eigenvalue weighted by atomic mass is 10.1. The summed E-state index contributed by atoms with van der Waals surface area (Å²) < 4.78 is 7.39. The SMILES string of the molecule is Cc1ccc(CN(C)CC(=O)Nc2c(C#N)c(C)c(C)n2Cc2ccco2)c(C)c1. The van der Waals surface area contributed by atoms with Gasteiger partial charge in [0.25, 0.3) is 0 Å². The number of aromatic nitrogens is 1. The van der Waals surface area contributed by atoms with Crippen LogP contribution in [0.2, 0.25) is 0 Å². The van der Waals surface area contributed by atoms with Gasteiger partial charge >= 0.3 is 0 Å². The maximum atomic E-state index is 12.8. The van der Waals surface area contributed by atoms with Gasteiger partial charge < -0.3 is 14.3 Å². The molecule has 0 atom stereocenters. The van der Waals surface area contributed by atoms with Crippen LogP contribution in [0.5, 0.6) is 0 Å². The number of nitrogens with one attached hydrogen (secondary N) is 1. The predicted molar refractivity (Wildman–Crippen MR) is 117 cm³/mol. The van der Waals surface area contributed by atoms with Crippen LogP contribution >= 0.6 is 0 Å². The number of hydrogen-bond donors (Lipinski definition) is 1. The first-order chi connectivity index (χ1) is 14.3. The number of carbonyl (C=O) groups is 1. The van der Waals surface area contributed by atoms with Crippen molar-refractivity contribution in [3.63, 3.8) is 0 Å². The standard InChI is InChI=1S/C24H28N4O2/c1-16-8-9-20(17(2)11-16)13-27(5)15-23(29)26-24-22(12-25)18(3)19(4)28(24)14-21-7-6-10-30-21/h6-11H,13-15H2,1-5H3,(H,26,29). The van der Waals surface area contributed by atoms with E-state index < -0.39 is 0 Å². The van der Waals surface area contributed by atoms with E-state index in [1.54, 1.807) is 6.26 Å². The number of aryl methyl sites for hydroxylation is 2. The first kappa shape index (κ1) is 21.4. The Balaban J connectivity index is 1.75. The smallest absolute Gasteiger partial charge is 0.239 e. The molecule has 0 aliphatic rings. The molecule has 2 aromatic heterocycles. The third-order valence-electron chi connectivity index (χ3n) is 5.44. The Kier molecular flexibility index (Phi) is 6.43. The predicted octanol–water partition coefficient (Wildman–Crippen LogP) is 4.31. The van der Waals surface area contributed by atoms with Crippen LogP contribution in [0.25, 0.3) is 0 Å². The Morgan fingerprint density at radius 2 is 2.00 bits per heavy atom. The highest BCUT2D eigenvalue weighted by atomic mass is 16.3. The number of hydrogen-bond acceptors (Lipinski definition) is 4. The van der Waals surface area contributed by atoms with Crippen molar-refractivity contribution in [3.8, 4) is 6.07 Å². The lowest BCUT2D eigenvalue weighted by Crippen LogP contribution is -2.31. The van der Waals surface area contributed by atoms with Gasteiger partial charge in [-0.25, -0.2) is 0 Å². The van der Waals surface area contributed by atoms with Gasteiger partial charge in [-0.2, -0.15) is 5.26 Å². The molecule has 1 N–H and O–H groups in total. The largest absolute Gasteiger partial charge is 0.467 e. The van der Waals surface area contributed by atoms with Crippen LogP contribution in [0.1, 0.15) is 39.3 Å². The summed E-state index contributed by atoms with van der Waals surface area (Å²) in [6, 6.07) is 12.3. The van der Waals surface area contributed by atoms with Gasteiger partial charge in [0.05, 0.1) is 24.9 Å². The fraction of sp³-hybridized carbons (Fsp3) is 0.333. The second-order valence-electron chi connectivity index (χ2n) is 7.86. The summed E-state index contributed by atoms with van der Waals surface area (Å²) in [4.78, 5) is 14.8. The van der Waals surface area contributed by atoms with Crippen molar-refractivity contribution in [2.75, 3.05) is 18.9 Å². The minimum absolute atomic E-state index is 0.156. The third kappa shape index (κ3) is 4.64. The summed E-state index contributed by atoms with van der Waals surface area (Å²) in [6.07, 6.45) is 1.62. The number of nitrogens with zero attached hydrogens (tertiary/aromatic N) is 3. The molecule has 1 aromatic carbocycles. The van der Waals surface area contributed by atoms with E-state index >= 15 is 0 Å². The van der Waals surface area contributed by atoms with Crippen molar-refractivity contribution < 1.29 is 9.21 Å². The molecule has 0 unspecified atom stereocenters. The second-order valence-corrected chi connectivity index (χ2v) is 7.86. The molecule has 3 aromatic rings. The molecular weight excluding hydrogens is 376 g/mol. The number of carbonyl (C=O) groups excluding carboxylic acids is 1. The number of furan rings is 1. The molecule has 0 radical (unpaired) electrons. The highest BCUT2D eigenvalue weighted by Crippen LogP contribution is 2.27. The molecule has 6 nitrogen and oxygen atoms in total. The van der Waals surface area contributed by atoms with Crippen molar-refractivity contribution >= 4 is 11.7 Å². The molecule has 3 rings (SSSR count). The Morgan fingerprint density at radius 1 is 1.23 bits per heavy atom. The zero-order valence-electron chi connectivity index (χ0n) is 18.2. The van der Waals surface area contributed by atoms with Gasteiger partial charge in [0.1, 0.15) is 17.6 Å². The summed E-state index contributed by atoms with van der Waals surface area (Å²) in [5, 5.41) is 12.6. The molecule has 0 aliphatic carbocycles. The highest BCUT2D eigenvalue weighted by Gasteiger charge is 2.21. The number of anilines is 1. The molecular formula is C24H28N4O2. The van der Waals surface area contributed by atoms with E-state index in [2.05, 4.69) is 43.4 Å². The van der Waals surface area contributed by atoms with Crippen LogP contribution in [-0.4, -0.2) is 29.0 Å². The van der Waals surface area contributed by atoms with Gasteiger partial charge in [0.15, 0.2) is 0 Å². The van der Waals surface area contributed by atoms with Gasteiger partial charge in [-0.15, -0.1) is 0 Å². The van der Waals surface area contributed by atoms with Crippen LogP contribution in [0.3, 0.4) is 0 Å². The normalized spacial score (nSPS) is 11.0. The number of likely N-dealkylation sites (N-methyl/N-ethyl adjacent to an activating group) is 1. The lowest BCUT2D eigenvalue weighted by Gasteiger charge is -2.19. The molecule has 0 fully saturated rings. The quantitative estimate of drug-likeness (QED) is 0.637. The zero-order chi connectivity index (χ0) is 21.8. The van der Waals surface area contributed by atoms with Crippen molar-refractivity contribution in [3.05, 3.63) is 75.9 Å². The Hall–Kier alpha value is -3.30. The molecule has 0 saturated carbocycles. The van der Waals surface area contributed by atoms with Gasteiger partial charge in [-0.05, 0) is 63.6 Å². The summed E-state index contributed by atoms with van der Waals surface area (Å²) in [5.41, 5.74) is 5.92. The van der Waals surface area contributed by atoms with Crippen molar-refractivity contribution in [2.24, 2.45) is 0 Å². The summed E-state index contributed by atoms with van der Waals surface area (Å²) >= 11 is 0. The number of benzene rings is 1. The first-order valence-corrected chi connectivity index (χ1v) is 9.96. The maximum absolute atomic E-state index is 12.8. The highest BCUT2D eigenvalue weighted by molar-refractivity contribution is 5.93. The molecule has 0 bridgehead atoms. The van der Waals surface area contributed by atoms with Gasteiger partial charge in [-0.1, -0.05) is 23.8 Å². The van der Waals surface area contributed by atoms with E-state index in [1.807, 2.05) is 42.5 Å². The van der Waals surface area contributed by atoms with E-state index in [0.29, 0.717) is 24.5 Å². The Bertz CT molecular complexity index is 1090. The minimum atomic E-state index is -0.156. The van der Waals surface area contributed by atoms with Crippen LogP contribution < -0.4 is 5.32 Å². The fourth-order valence-electron chi connectivity index (χ4n) is 3.67. The van der Waals surface area contributed by atoms with E-state index in [0.717, 1.165) is 17.0 Å². The van der Waals surface area contributed by atoms with Gasteiger partial charge in [-0.3, -0.25) is 9.69 Å². The average molecular weight is 405 g/mol. The molecule has 0 aliphatic heterocycles. The number of amides is 1. The summed E-state index contributed by atoms with van der Waals surface area (Å²) in [7, 11) is 1.92. The molecule has 2 heterocycles. The van der Waals surface area contributed by atoms with Crippen molar-refractivity contribution in [1.82, 2.24) is 9.47 Å². The van der Waals surface area contributed by atoms with Crippen molar-refractivity contribution in [2.45, 2.75) is 40.8 Å². The third-order valence-corrected chi connectivity index (χ3v) is 5.44. The molecule has 6 heteroatoms. The van der Waals surface area contributed by atoms with Gasteiger partial charge in [0, 0.05) is 12.2 Å². The fourth-order valence-corrected chi connectivity index (χ4v) is 3.67. The van der Waals surface area contributed by atoms with E-state index in [4.69, 9.17) is 4.42 Å². The summed E-state index contributed by atoms with van der Waals surface area (Å²) in [5.74, 6) is 1.13. The molecule has 0 spiro atoms. The number of nitriles is 1. The van der Waals surface area contributed by atoms with Crippen LogP contribution in [0.15, 0.2) is 41.0 Å². The maximum Gasteiger partial charge on any atom is 0.239 e. The number of rotatable bonds is 7. The molecule has 30 heavy (non-hydrogen) atoms. The van der Waals surface area contributed by atoms with Crippen molar-refractivity contribution in [1.29, 1.82) is 5.26 Å². The van der Waals surface area contributed by atoms with Crippen LogP contribution in [-0.2, 0) is 17.9 Å². The minimum Gasteiger partial charge on any atom is -0.467 e. The topological polar surface area (TPSA) is 74.2 Å². The van der Waals surface area contributed by atoms with E-state index in [9.17, 15) is 10.1 Å². The monoisotopic (exact) mass is 404 g/mol. The van der Waals surface area contributed by atoms with E-state index in [-0.39, 0.29) is 12.5 Å². The Morgan fingerprint density at radius 3 is 2.63 bits per heavy atom. The zero-order valence-corrected chi connectivity index (χ0v) is 18.2. The second kappa shape index (κ2) is 9.02.